The Morgan fingerprint density at radius 1 is 1.09 bits per heavy atom. The fraction of sp³-hybridized carbons (Fsp3) is 0.133. The van der Waals surface area contributed by atoms with Gasteiger partial charge in [-0.1, -0.05) is 23.2 Å². The van der Waals surface area contributed by atoms with Gasteiger partial charge in [0.1, 0.15) is 17.2 Å². The molecule has 2 aromatic carbocycles. The average Bonchev–Trinajstić information content (AvgIpc) is 2.53. The lowest BCUT2D eigenvalue weighted by Gasteiger charge is -2.09. The van der Waals surface area contributed by atoms with Crippen LogP contribution < -0.4 is 9.47 Å². The maximum Gasteiger partial charge on any atom is 0.270 e. The lowest BCUT2D eigenvalue weighted by molar-refractivity contribution is -0.384. The quantitative estimate of drug-likeness (QED) is 0.444. The first-order chi connectivity index (χ1) is 11.0. The van der Waals surface area contributed by atoms with Gasteiger partial charge in [0, 0.05) is 35.0 Å². The molecule has 0 spiro atoms. The minimum absolute atomic E-state index is 0.0735. The molecule has 0 fully saturated rings. The maximum absolute atomic E-state index is 10.8. The van der Waals surface area contributed by atoms with Crippen molar-refractivity contribution in [2.75, 3.05) is 14.2 Å². The third kappa shape index (κ3) is 3.91. The lowest BCUT2D eigenvalue weighted by atomic mass is 10.2. The van der Waals surface area contributed by atoms with Gasteiger partial charge < -0.3 is 9.47 Å². The van der Waals surface area contributed by atoms with Crippen LogP contribution in [0, 0.1) is 10.1 Å². The molecular formula is C15H12Cl2N2O4. The predicted molar refractivity (Wildman–Crippen MR) is 89.9 cm³/mol. The normalized spacial score (nSPS) is 10.8. The van der Waals surface area contributed by atoms with E-state index in [2.05, 4.69) is 4.99 Å². The minimum atomic E-state index is -0.501. The minimum Gasteiger partial charge on any atom is -0.495 e. The second-order valence-electron chi connectivity index (χ2n) is 4.38. The van der Waals surface area contributed by atoms with Crippen LogP contribution in [0.5, 0.6) is 11.5 Å². The topological polar surface area (TPSA) is 74.0 Å². The van der Waals surface area contributed by atoms with E-state index in [1.807, 2.05) is 0 Å². The summed E-state index contributed by atoms with van der Waals surface area (Å²) in [5.74, 6) is 0.903. The van der Waals surface area contributed by atoms with E-state index in [1.54, 1.807) is 12.1 Å². The van der Waals surface area contributed by atoms with E-state index >= 15 is 0 Å². The van der Waals surface area contributed by atoms with Crippen molar-refractivity contribution < 1.29 is 14.4 Å². The zero-order valence-electron chi connectivity index (χ0n) is 12.2. The smallest absolute Gasteiger partial charge is 0.270 e. The first-order valence-corrected chi connectivity index (χ1v) is 7.11. The first-order valence-electron chi connectivity index (χ1n) is 6.35. The van der Waals surface area contributed by atoms with E-state index in [0.717, 1.165) is 0 Å². The summed E-state index contributed by atoms with van der Waals surface area (Å²) in [6, 6.07) is 7.28. The van der Waals surface area contributed by atoms with Crippen LogP contribution >= 0.6 is 23.2 Å². The van der Waals surface area contributed by atoms with Crippen molar-refractivity contribution in [3.05, 3.63) is 56.1 Å². The van der Waals surface area contributed by atoms with Crippen LogP contribution in [0.25, 0.3) is 0 Å². The van der Waals surface area contributed by atoms with Gasteiger partial charge in [0.15, 0.2) is 0 Å². The Balaban J connectivity index is 2.42. The second kappa shape index (κ2) is 7.30. The number of rotatable bonds is 5. The number of methoxy groups -OCH3 is 2. The number of non-ortho nitro benzene ring substituents is 1. The highest BCUT2D eigenvalue weighted by Gasteiger charge is 2.11. The molecule has 0 radical (unpaired) electrons. The van der Waals surface area contributed by atoms with Crippen LogP contribution in [0.1, 0.15) is 5.56 Å². The molecule has 6 nitrogen and oxygen atoms in total. The maximum atomic E-state index is 10.8. The summed E-state index contributed by atoms with van der Waals surface area (Å²) in [6.07, 6.45) is 1.41. The predicted octanol–water partition coefficient (Wildman–Crippen LogP) is 4.67. The molecule has 23 heavy (non-hydrogen) atoms. The van der Waals surface area contributed by atoms with E-state index in [0.29, 0.717) is 32.8 Å². The van der Waals surface area contributed by atoms with E-state index in [-0.39, 0.29) is 5.69 Å². The highest BCUT2D eigenvalue weighted by molar-refractivity contribution is 6.33. The third-order valence-corrected chi connectivity index (χ3v) is 3.63. The van der Waals surface area contributed by atoms with E-state index in [1.165, 1.54) is 38.6 Å². The van der Waals surface area contributed by atoms with Crippen LogP contribution in [0.15, 0.2) is 35.3 Å². The summed E-state index contributed by atoms with van der Waals surface area (Å²) in [6.45, 7) is 0. The Kier molecular flexibility index (Phi) is 5.41. The van der Waals surface area contributed by atoms with Crippen molar-refractivity contribution in [1.29, 1.82) is 0 Å². The van der Waals surface area contributed by atoms with Crippen molar-refractivity contribution in [1.82, 2.24) is 0 Å². The Bertz CT molecular complexity index is 778. The molecule has 8 heteroatoms. The molecule has 0 aliphatic carbocycles. The van der Waals surface area contributed by atoms with Crippen molar-refractivity contribution in [2.45, 2.75) is 0 Å². The summed E-state index contributed by atoms with van der Waals surface area (Å²) in [5.41, 5.74) is 0.784. The molecule has 120 valence electrons. The molecule has 0 aliphatic heterocycles. The molecule has 0 N–H and O–H groups in total. The molecule has 0 atom stereocenters. The highest BCUT2D eigenvalue weighted by Crippen LogP contribution is 2.37. The number of ether oxygens (including phenoxy) is 2. The summed E-state index contributed by atoms with van der Waals surface area (Å²) in [4.78, 5) is 14.6. The van der Waals surface area contributed by atoms with Gasteiger partial charge >= 0.3 is 0 Å². The Morgan fingerprint density at radius 3 is 2.39 bits per heavy atom. The zero-order valence-corrected chi connectivity index (χ0v) is 13.8. The monoisotopic (exact) mass is 354 g/mol. The van der Waals surface area contributed by atoms with Crippen LogP contribution in [0.2, 0.25) is 10.0 Å². The number of hydrogen-bond donors (Lipinski definition) is 0. The lowest BCUT2D eigenvalue weighted by Crippen LogP contribution is -1.91. The van der Waals surface area contributed by atoms with Gasteiger partial charge in [-0.05, 0) is 12.1 Å². The van der Waals surface area contributed by atoms with E-state index in [9.17, 15) is 10.1 Å². The first kappa shape index (κ1) is 17.1. The molecule has 0 unspecified atom stereocenters. The van der Waals surface area contributed by atoms with Crippen molar-refractivity contribution >= 4 is 40.8 Å². The van der Waals surface area contributed by atoms with E-state index in [4.69, 9.17) is 32.7 Å². The molecule has 0 aromatic heterocycles. The zero-order chi connectivity index (χ0) is 17.0. The summed E-state index contributed by atoms with van der Waals surface area (Å²) in [5, 5.41) is 11.5. The molecule has 0 amide bonds. The Hall–Kier alpha value is -2.31. The van der Waals surface area contributed by atoms with Crippen LogP contribution in [-0.2, 0) is 0 Å². The molecule has 0 saturated heterocycles. The number of halogens is 2. The Labute approximate surface area is 142 Å². The number of benzene rings is 2. The fourth-order valence-electron chi connectivity index (χ4n) is 1.83. The van der Waals surface area contributed by atoms with Crippen molar-refractivity contribution in [3.63, 3.8) is 0 Å². The average molecular weight is 355 g/mol. The third-order valence-electron chi connectivity index (χ3n) is 2.99. The second-order valence-corrected chi connectivity index (χ2v) is 5.19. The van der Waals surface area contributed by atoms with Gasteiger partial charge in [0.2, 0.25) is 0 Å². The number of aliphatic imine (C=N–C) groups is 1. The van der Waals surface area contributed by atoms with Gasteiger partial charge in [-0.3, -0.25) is 15.1 Å². The molecular weight excluding hydrogens is 343 g/mol. The number of hydrogen-bond acceptors (Lipinski definition) is 5. The molecule has 0 aliphatic rings. The fourth-order valence-corrected chi connectivity index (χ4v) is 2.23. The van der Waals surface area contributed by atoms with Gasteiger partial charge in [-0.15, -0.1) is 0 Å². The molecule has 2 aromatic rings. The largest absolute Gasteiger partial charge is 0.495 e. The Morgan fingerprint density at radius 2 is 1.78 bits per heavy atom. The molecule has 0 bridgehead atoms. The molecule has 0 saturated carbocycles. The van der Waals surface area contributed by atoms with Gasteiger partial charge in [0.25, 0.3) is 5.69 Å². The SMILES string of the molecule is COc1cc(OC)c(N=Cc2cc([N+](=O)[O-])ccc2Cl)cc1Cl. The van der Waals surface area contributed by atoms with Gasteiger partial charge in [-0.2, -0.15) is 0 Å². The standard InChI is InChI=1S/C15H12Cl2N2O4/c1-22-14-7-15(23-2)13(6-12(14)17)18-8-9-5-10(19(20)21)3-4-11(9)16/h3-8H,1-2H3. The van der Waals surface area contributed by atoms with Gasteiger partial charge in [-0.25, -0.2) is 0 Å². The number of nitro groups is 1. The van der Waals surface area contributed by atoms with Gasteiger partial charge in [0.05, 0.1) is 24.2 Å². The highest BCUT2D eigenvalue weighted by atomic mass is 35.5. The van der Waals surface area contributed by atoms with Crippen LogP contribution in [0.3, 0.4) is 0 Å². The van der Waals surface area contributed by atoms with Crippen molar-refractivity contribution in [3.8, 4) is 11.5 Å². The number of nitro benzene ring substituents is 1. The summed E-state index contributed by atoms with van der Waals surface area (Å²) >= 11 is 12.1. The molecule has 0 heterocycles. The van der Waals surface area contributed by atoms with Crippen LogP contribution in [0.4, 0.5) is 11.4 Å². The van der Waals surface area contributed by atoms with Crippen LogP contribution in [-0.4, -0.2) is 25.4 Å². The van der Waals surface area contributed by atoms with E-state index < -0.39 is 4.92 Å². The van der Waals surface area contributed by atoms with Crippen molar-refractivity contribution in [2.24, 2.45) is 4.99 Å². The summed E-state index contributed by atoms with van der Waals surface area (Å²) < 4.78 is 10.3. The molecule has 2 rings (SSSR count). The number of nitrogens with zero attached hydrogens (tertiary/aromatic N) is 2. The summed E-state index contributed by atoms with van der Waals surface area (Å²) in [7, 11) is 2.98.